The molecule has 3 nitrogen and oxygen atoms in total. The Hall–Kier alpha value is -0.650. The molecule has 0 aliphatic carbocycles. The molecule has 0 aliphatic rings. The average Bonchev–Trinajstić information content (AvgIpc) is 2.04. The van der Waals surface area contributed by atoms with Crippen LogP contribution in [0, 0.1) is 0 Å². The summed E-state index contributed by atoms with van der Waals surface area (Å²) < 4.78 is 21.7. The van der Waals surface area contributed by atoms with Crippen molar-refractivity contribution in [3.05, 3.63) is 29.8 Å². The molecule has 0 aromatic heterocycles. The second kappa shape index (κ2) is 5.29. The predicted molar refractivity (Wildman–Crippen MR) is 54.7 cm³/mol. The molecule has 0 spiro atoms. The van der Waals surface area contributed by atoms with Gasteiger partial charge in [-0.3, -0.25) is 4.70 Å². The van der Waals surface area contributed by atoms with Crippen LogP contribution in [0.25, 0.3) is 0 Å². The second-order valence-corrected chi connectivity index (χ2v) is 5.19. The van der Waals surface area contributed by atoms with Crippen LogP contribution in [0.1, 0.15) is 5.56 Å². The smallest absolute Gasteiger partial charge is 0.261 e. The van der Waals surface area contributed by atoms with E-state index in [-0.39, 0.29) is 9.60 Å². The highest BCUT2D eigenvalue weighted by Gasteiger charge is 2.08. The molecule has 1 aromatic carbocycles. The summed E-state index contributed by atoms with van der Waals surface area (Å²) in [6.07, 6.45) is 0.739. The molecule has 0 amide bonds. The second-order valence-electron chi connectivity index (χ2n) is 2.62. The summed E-state index contributed by atoms with van der Waals surface area (Å²) in [5.41, 5.74) is 6.35. The maximum absolute atomic E-state index is 10.8. The van der Waals surface area contributed by atoms with Gasteiger partial charge in [-0.05, 0) is 30.7 Å². The fourth-order valence-corrected chi connectivity index (χ4v) is 1.76. The molecule has 0 heterocycles. The Morgan fingerprint density at radius 2 is 1.71 bits per heavy atom. The Morgan fingerprint density at radius 1 is 1.21 bits per heavy atom. The van der Waals surface area contributed by atoms with Crippen molar-refractivity contribution in [2.75, 3.05) is 6.54 Å². The van der Waals surface area contributed by atoms with E-state index in [2.05, 4.69) is 0 Å². The summed E-state index contributed by atoms with van der Waals surface area (Å²) in [7, 11) is 1.54. The van der Waals surface area contributed by atoms with Crippen LogP contribution in [0.2, 0.25) is 0 Å². The van der Waals surface area contributed by atoms with E-state index in [4.69, 9.17) is 16.4 Å². The van der Waals surface area contributed by atoms with Crippen LogP contribution >= 0.6 is 10.7 Å². The van der Waals surface area contributed by atoms with Crippen molar-refractivity contribution >= 4 is 19.7 Å². The van der Waals surface area contributed by atoms with E-state index in [0.717, 1.165) is 12.0 Å². The molecule has 2 N–H and O–H groups in total. The van der Waals surface area contributed by atoms with E-state index in [0.29, 0.717) is 6.54 Å². The van der Waals surface area contributed by atoms with E-state index in [1.807, 2.05) is 0 Å². The molecule has 0 aliphatic heterocycles. The minimum absolute atomic E-state index is 0. The van der Waals surface area contributed by atoms with Crippen molar-refractivity contribution in [1.29, 1.82) is 0 Å². The number of nitrogens with two attached hydrogens (primary N) is 1. The first-order valence-electron chi connectivity index (χ1n) is 3.77. The highest BCUT2D eigenvalue weighted by molar-refractivity contribution is 8.13. The Bertz CT molecular complexity index is 377. The van der Waals surface area contributed by atoms with Gasteiger partial charge >= 0.3 is 0 Å². The first-order chi connectivity index (χ1) is 6.04. The lowest BCUT2D eigenvalue weighted by molar-refractivity contribution is 0.609. The predicted octanol–water partition coefficient (Wildman–Crippen LogP) is 1.27. The minimum Gasteiger partial charge on any atom is -0.330 e. The van der Waals surface area contributed by atoms with E-state index in [9.17, 15) is 8.42 Å². The first kappa shape index (κ1) is 13.4. The standard InChI is InChI=1S/C8H10ClNO2S.FH/c9-13(11,12)8-3-1-7(2-4-8)5-6-10;/h1-4H,5-6,10H2;1H. The molecule has 0 saturated heterocycles. The molecule has 0 unspecified atom stereocenters. The number of benzene rings is 1. The molecule has 0 radical (unpaired) electrons. The minimum atomic E-state index is -3.59. The molecule has 1 aromatic rings. The quantitative estimate of drug-likeness (QED) is 0.808. The fraction of sp³-hybridized carbons (Fsp3) is 0.250. The Morgan fingerprint density at radius 3 is 2.07 bits per heavy atom. The van der Waals surface area contributed by atoms with Gasteiger partial charge in [0.25, 0.3) is 9.05 Å². The average molecular weight is 240 g/mol. The Balaban J connectivity index is 0.00000169. The molecule has 6 heteroatoms. The lowest BCUT2D eigenvalue weighted by Gasteiger charge is -1.99. The number of halogens is 2. The van der Waals surface area contributed by atoms with Crippen LogP contribution in [0.15, 0.2) is 29.2 Å². The monoisotopic (exact) mass is 239 g/mol. The van der Waals surface area contributed by atoms with Gasteiger partial charge in [-0.1, -0.05) is 12.1 Å². The normalized spacial score (nSPS) is 10.7. The molecule has 1 rings (SSSR count). The van der Waals surface area contributed by atoms with Crippen molar-refractivity contribution in [2.24, 2.45) is 5.73 Å². The van der Waals surface area contributed by atoms with Crippen LogP contribution in [0.4, 0.5) is 4.70 Å². The number of rotatable bonds is 3. The van der Waals surface area contributed by atoms with Crippen LogP contribution in [0.3, 0.4) is 0 Å². The molecule has 0 bridgehead atoms. The Labute approximate surface area is 86.7 Å². The lowest BCUT2D eigenvalue weighted by Crippen LogP contribution is -2.02. The molecule has 0 fully saturated rings. The van der Waals surface area contributed by atoms with Gasteiger partial charge in [0.15, 0.2) is 0 Å². The van der Waals surface area contributed by atoms with Gasteiger partial charge in [0.05, 0.1) is 4.90 Å². The molecular formula is C8H11ClFNO2S. The van der Waals surface area contributed by atoms with Gasteiger partial charge in [0, 0.05) is 10.7 Å². The number of hydrogen-bond donors (Lipinski definition) is 1. The first-order valence-corrected chi connectivity index (χ1v) is 6.08. The zero-order valence-corrected chi connectivity index (χ0v) is 8.88. The summed E-state index contributed by atoms with van der Waals surface area (Å²) in [4.78, 5) is 0.120. The summed E-state index contributed by atoms with van der Waals surface area (Å²) in [6.45, 7) is 0.549. The van der Waals surface area contributed by atoms with Gasteiger partial charge in [0.2, 0.25) is 0 Å². The van der Waals surface area contributed by atoms with Crippen LogP contribution < -0.4 is 5.73 Å². The van der Waals surface area contributed by atoms with Crippen LogP contribution in [-0.4, -0.2) is 15.0 Å². The molecule has 0 saturated carbocycles. The fourth-order valence-electron chi connectivity index (χ4n) is 0.985. The van der Waals surface area contributed by atoms with Gasteiger partial charge in [-0.15, -0.1) is 0 Å². The summed E-state index contributed by atoms with van der Waals surface area (Å²) >= 11 is 0. The third kappa shape index (κ3) is 3.61. The Kier molecular flexibility index (Phi) is 5.04. The zero-order valence-electron chi connectivity index (χ0n) is 7.31. The highest BCUT2D eigenvalue weighted by atomic mass is 35.7. The van der Waals surface area contributed by atoms with Gasteiger partial charge in [-0.25, -0.2) is 8.42 Å². The maximum atomic E-state index is 10.8. The third-order valence-electron chi connectivity index (χ3n) is 1.64. The molecule has 0 atom stereocenters. The van der Waals surface area contributed by atoms with Crippen molar-refractivity contribution < 1.29 is 13.1 Å². The van der Waals surface area contributed by atoms with Crippen LogP contribution in [0.5, 0.6) is 0 Å². The van der Waals surface area contributed by atoms with Crippen molar-refractivity contribution in [3.63, 3.8) is 0 Å². The van der Waals surface area contributed by atoms with E-state index < -0.39 is 9.05 Å². The van der Waals surface area contributed by atoms with E-state index >= 15 is 0 Å². The maximum Gasteiger partial charge on any atom is 0.261 e. The summed E-state index contributed by atoms with van der Waals surface area (Å²) in [6, 6.07) is 6.38. The highest BCUT2D eigenvalue weighted by Crippen LogP contribution is 2.15. The molecular weight excluding hydrogens is 229 g/mol. The van der Waals surface area contributed by atoms with Crippen molar-refractivity contribution in [2.45, 2.75) is 11.3 Å². The SMILES string of the molecule is F.NCCc1ccc(S(=O)(=O)Cl)cc1. The topological polar surface area (TPSA) is 60.2 Å². The van der Waals surface area contributed by atoms with E-state index in [1.165, 1.54) is 12.1 Å². The van der Waals surface area contributed by atoms with Gasteiger partial charge in [0.1, 0.15) is 0 Å². The summed E-state index contributed by atoms with van der Waals surface area (Å²) in [5, 5.41) is 0. The van der Waals surface area contributed by atoms with E-state index in [1.54, 1.807) is 12.1 Å². The van der Waals surface area contributed by atoms with Crippen LogP contribution in [-0.2, 0) is 15.5 Å². The van der Waals surface area contributed by atoms with Gasteiger partial charge in [-0.2, -0.15) is 0 Å². The molecule has 80 valence electrons. The largest absolute Gasteiger partial charge is 0.330 e. The summed E-state index contributed by atoms with van der Waals surface area (Å²) in [5.74, 6) is 0. The van der Waals surface area contributed by atoms with Crippen molar-refractivity contribution in [1.82, 2.24) is 0 Å². The molecule has 14 heavy (non-hydrogen) atoms. The van der Waals surface area contributed by atoms with Gasteiger partial charge < -0.3 is 5.73 Å². The van der Waals surface area contributed by atoms with Crippen molar-refractivity contribution in [3.8, 4) is 0 Å². The third-order valence-corrected chi connectivity index (χ3v) is 3.01. The zero-order chi connectivity index (χ0) is 9.90. The number of hydrogen-bond acceptors (Lipinski definition) is 3. The lowest BCUT2D eigenvalue weighted by atomic mass is 10.2.